The zero-order valence-electron chi connectivity index (χ0n) is 10.8. The average Bonchev–Trinajstić information content (AvgIpc) is 2.35. The Morgan fingerprint density at radius 2 is 1.94 bits per heavy atom. The van der Waals surface area contributed by atoms with E-state index in [0.717, 1.165) is 50.3 Å². The van der Waals surface area contributed by atoms with Gasteiger partial charge in [0.1, 0.15) is 0 Å². The average molecular weight is 263 g/mol. The van der Waals surface area contributed by atoms with Crippen LogP contribution >= 0.6 is 0 Å². The summed E-state index contributed by atoms with van der Waals surface area (Å²) in [6.45, 7) is 3.24. The molecule has 0 amide bonds. The van der Waals surface area contributed by atoms with E-state index in [-0.39, 0.29) is 0 Å². The van der Waals surface area contributed by atoms with Crippen LogP contribution in [-0.2, 0) is 20.3 Å². The van der Waals surface area contributed by atoms with Gasteiger partial charge in [0.25, 0.3) is 0 Å². The van der Waals surface area contributed by atoms with Crippen LogP contribution in [0.15, 0.2) is 0 Å². The van der Waals surface area contributed by atoms with Gasteiger partial charge >= 0.3 is 0 Å². The maximum Gasteiger partial charge on any atom is 0.0700 e. The number of ether oxygens (including phenoxy) is 2. The Morgan fingerprint density at radius 1 is 1.18 bits per heavy atom. The summed E-state index contributed by atoms with van der Waals surface area (Å²) in [5.74, 6) is 1.75. The Morgan fingerprint density at radius 3 is 2.65 bits per heavy atom. The summed E-state index contributed by atoms with van der Waals surface area (Å²) in [5.41, 5.74) is 0. The van der Waals surface area contributed by atoms with Gasteiger partial charge in [-0.15, -0.1) is 0 Å². The van der Waals surface area contributed by atoms with Gasteiger partial charge in [0, 0.05) is 42.1 Å². The SMILES string of the molecule is COCCOCCCCNC1CCS(=O)CC1. The quantitative estimate of drug-likeness (QED) is 0.629. The van der Waals surface area contributed by atoms with Crippen LogP contribution in [0.25, 0.3) is 0 Å². The molecule has 1 aliphatic rings. The molecule has 102 valence electrons. The third-order valence-electron chi connectivity index (χ3n) is 2.97. The topological polar surface area (TPSA) is 47.6 Å². The predicted octanol–water partition coefficient (Wildman–Crippen LogP) is 0.930. The fourth-order valence-electron chi connectivity index (χ4n) is 1.88. The fraction of sp³-hybridized carbons (Fsp3) is 1.00. The van der Waals surface area contributed by atoms with Crippen molar-refractivity contribution in [2.24, 2.45) is 0 Å². The van der Waals surface area contributed by atoms with Gasteiger partial charge in [0.15, 0.2) is 0 Å². The summed E-state index contributed by atoms with van der Waals surface area (Å²) in [7, 11) is 1.14. The first-order valence-electron chi connectivity index (χ1n) is 6.48. The van der Waals surface area contributed by atoms with Gasteiger partial charge < -0.3 is 14.8 Å². The second-order valence-electron chi connectivity index (χ2n) is 4.39. The lowest BCUT2D eigenvalue weighted by Crippen LogP contribution is -2.36. The van der Waals surface area contributed by atoms with E-state index in [2.05, 4.69) is 5.32 Å². The normalized spacial score (nSPS) is 25.0. The maximum atomic E-state index is 11.2. The molecule has 1 rings (SSSR count). The molecule has 1 fully saturated rings. The molecule has 1 heterocycles. The van der Waals surface area contributed by atoms with Crippen molar-refractivity contribution in [3.8, 4) is 0 Å². The molecule has 0 aliphatic carbocycles. The molecule has 1 aliphatic heterocycles. The van der Waals surface area contributed by atoms with Crippen LogP contribution in [0.2, 0.25) is 0 Å². The monoisotopic (exact) mass is 263 g/mol. The van der Waals surface area contributed by atoms with Crippen LogP contribution in [0.1, 0.15) is 25.7 Å². The largest absolute Gasteiger partial charge is 0.382 e. The van der Waals surface area contributed by atoms with E-state index in [1.807, 2.05) is 0 Å². The Labute approximate surface area is 107 Å². The van der Waals surface area contributed by atoms with Gasteiger partial charge in [-0.05, 0) is 32.2 Å². The molecule has 0 aromatic rings. The van der Waals surface area contributed by atoms with E-state index in [1.165, 1.54) is 0 Å². The molecule has 0 spiro atoms. The third-order valence-corrected chi connectivity index (χ3v) is 4.35. The smallest absolute Gasteiger partial charge is 0.0700 e. The van der Waals surface area contributed by atoms with Crippen LogP contribution in [0.4, 0.5) is 0 Å². The van der Waals surface area contributed by atoms with Crippen molar-refractivity contribution in [3.63, 3.8) is 0 Å². The van der Waals surface area contributed by atoms with Gasteiger partial charge in [-0.3, -0.25) is 4.21 Å². The van der Waals surface area contributed by atoms with Gasteiger partial charge in [-0.1, -0.05) is 0 Å². The Bertz CT molecular complexity index is 204. The first-order chi connectivity index (χ1) is 8.33. The fourth-order valence-corrected chi connectivity index (χ4v) is 3.18. The van der Waals surface area contributed by atoms with E-state index in [0.29, 0.717) is 19.3 Å². The lowest BCUT2D eigenvalue weighted by molar-refractivity contribution is 0.0687. The number of unbranched alkanes of at least 4 members (excludes halogenated alkanes) is 1. The van der Waals surface area contributed by atoms with E-state index in [9.17, 15) is 4.21 Å². The predicted molar refractivity (Wildman–Crippen MR) is 70.8 cm³/mol. The van der Waals surface area contributed by atoms with Crippen molar-refractivity contribution in [2.75, 3.05) is 45.0 Å². The molecule has 0 aromatic carbocycles. The van der Waals surface area contributed by atoms with Gasteiger partial charge in [0.05, 0.1) is 13.2 Å². The van der Waals surface area contributed by atoms with Crippen molar-refractivity contribution in [1.29, 1.82) is 0 Å². The molecular formula is C12H25NO3S. The number of methoxy groups -OCH3 is 1. The highest BCUT2D eigenvalue weighted by Gasteiger charge is 2.16. The number of hydrogen-bond donors (Lipinski definition) is 1. The highest BCUT2D eigenvalue weighted by molar-refractivity contribution is 7.85. The molecule has 5 heteroatoms. The first-order valence-corrected chi connectivity index (χ1v) is 7.97. The minimum Gasteiger partial charge on any atom is -0.382 e. The summed E-state index contributed by atoms with van der Waals surface area (Å²) in [6, 6.07) is 0.585. The Balaban J connectivity index is 1.82. The minimum absolute atomic E-state index is 0.546. The first kappa shape index (κ1) is 15.1. The molecule has 0 radical (unpaired) electrons. The number of nitrogens with one attached hydrogen (secondary N) is 1. The van der Waals surface area contributed by atoms with E-state index >= 15 is 0 Å². The molecule has 0 aromatic heterocycles. The van der Waals surface area contributed by atoms with Crippen LogP contribution in [0, 0.1) is 0 Å². The number of rotatable bonds is 9. The zero-order valence-corrected chi connectivity index (χ0v) is 11.6. The van der Waals surface area contributed by atoms with Crippen molar-refractivity contribution in [2.45, 2.75) is 31.7 Å². The Hall–Kier alpha value is 0.0300. The van der Waals surface area contributed by atoms with Gasteiger partial charge in [0.2, 0.25) is 0 Å². The maximum absolute atomic E-state index is 11.2. The lowest BCUT2D eigenvalue weighted by atomic mass is 10.1. The summed E-state index contributed by atoms with van der Waals surface area (Å²) < 4.78 is 21.4. The van der Waals surface area contributed by atoms with Crippen molar-refractivity contribution < 1.29 is 13.7 Å². The molecule has 0 unspecified atom stereocenters. The highest BCUT2D eigenvalue weighted by Crippen LogP contribution is 2.08. The summed E-state index contributed by atoms with van der Waals surface area (Å²) in [5, 5.41) is 3.53. The van der Waals surface area contributed by atoms with Crippen molar-refractivity contribution in [1.82, 2.24) is 5.32 Å². The van der Waals surface area contributed by atoms with Crippen LogP contribution in [0.3, 0.4) is 0 Å². The summed E-state index contributed by atoms with van der Waals surface area (Å²) >= 11 is 0. The molecule has 4 nitrogen and oxygen atoms in total. The van der Waals surface area contributed by atoms with Crippen LogP contribution in [-0.4, -0.2) is 55.2 Å². The second kappa shape index (κ2) is 10.00. The summed E-state index contributed by atoms with van der Waals surface area (Å²) in [6.07, 6.45) is 4.37. The highest BCUT2D eigenvalue weighted by atomic mass is 32.2. The molecule has 1 saturated heterocycles. The van der Waals surface area contributed by atoms with Crippen molar-refractivity contribution >= 4 is 10.8 Å². The number of hydrogen-bond acceptors (Lipinski definition) is 4. The molecular weight excluding hydrogens is 238 g/mol. The summed E-state index contributed by atoms with van der Waals surface area (Å²) in [4.78, 5) is 0. The third kappa shape index (κ3) is 7.86. The molecule has 0 saturated carbocycles. The van der Waals surface area contributed by atoms with E-state index < -0.39 is 10.8 Å². The second-order valence-corrected chi connectivity index (χ2v) is 6.08. The molecule has 1 N–H and O–H groups in total. The standard InChI is InChI=1S/C12H25NO3S/c1-15-8-9-16-7-3-2-6-13-12-4-10-17(14)11-5-12/h12-13H,2-11H2,1H3. The van der Waals surface area contributed by atoms with Gasteiger partial charge in [-0.2, -0.15) is 0 Å². The van der Waals surface area contributed by atoms with Crippen LogP contribution < -0.4 is 5.32 Å². The van der Waals surface area contributed by atoms with Gasteiger partial charge in [-0.25, -0.2) is 0 Å². The zero-order chi connectivity index (χ0) is 12.3. The molecule has 0 bridgehead atoms. The van der Waals surface area contributed by atoms with Crippen molar-refractivity contribution in [3.05, 3.63) is 0 Å². The molecule has 0 atom stereocenters. The Kier molecular flexibility index (Phi) is 8.88. The van der Waals surface area contributed by atoms with Crippen LogP contribution in [0.5, 0.6) is 0 Å². The molecule has 17 heavy (non-hydrogen) atoms. The minimum atomic E-state index is -0.546. The van der Waals surface area contributed by atoms with E-state index in [4.69, 9.17) is 9.47 Å². The lowest BCUT2D eigenvalue weighted by Gasteiger charge is -2.22. The van der Waals surface area contributed by atoms with E-state index in [1.54, 1.807) is 7.11 Å².